The summed E-state index contributed by atoms with van der Waals surface area (Å²) in [6, 6.07) is 17.5. The van der Waals surface area contributed by atoms with Crippen LogP contribution in [-0.2, 0) is 25.2 Å². The van der Waals surface area contributed by atoms with Crippen LogP contribution in [0.4, 0.5) is 10.2 Å². The number of carbonyl (C=O) groups is 1. The predicted molar refractivity (Wildman–Crippen MR) is 153 cm³/mol. The van der Waals surface area contributed by atoms with E-state index in [0.717, 1.165) is 21.9 Å². The molecule has 0 saturated carbocycles. The van der Waals surface area contributed by atoms with E-state index in [-0.39, 0.29) is 24.1 Å². The van der Waals surface area contributed by atoms with Crippen molar-refractivity contribution in [2.24, 2.45) is 5.92 Å². The second kappa shape index (κ2) is 13.6. The number of alkyl halides is 1. The number of nitrogens with one attached hydrogen (secondary N) is 1. The first-order valence-corrected chi connectivity index (χ1v) is 15.3. The van der Waals surface area contributed by atoms with E-state index in [1.54, 1.807) is 44.2 Å². The molecule has 1 saturated heterocycles. The second-order valence-electron chi connectivity index (χ2n) is 9.68. The quantitative estimate of drug-likeness (QED) is 0.204. The summed E-state index contributed by atoms with van der Waals surface area (Å²) in [6.45, 7) is 3.06. The number of benzene rings is 2. The maximum Gasteiger partial charge on any atom is 0.459 e. The number of esters is 1. The average Bonchev–Trinajstić information content (AvgIpc) is 3.23. The van der Waals surface area contributed by atoms with Crippen LogP contribution < -0.4 is 21.0 Å². The Balaban J connectivity index is 1.50. The number of aliphatic hydroxyl groups is 1. The maximum atomic E-state index is 15.1. The SMILES string of the molecule is CC(C)[C@H](NP(=O)(OC[C@H]1SC(n2ccc(N)nc2=O)[C@@H](F)[C@@H]1O)Oc1ccccc1)C(=O)OCc1ccccc1. The van der Waals surface area contributed by atoms with Crippen LogP contribution in [-0.4, -0.2) is 50.8 Å². The number of halogens is 1. The number of nitrogens with two attached hydrogens (primary N) is 1. The summed E-state index contributed by atoms with van der Waals surface area (Å²) in [5, 5.41) is 11.2. The van der Waals surface area contributed by atoms with Gasteiger partial charge in [-0.25, -0.2) is 13.8 Å². The van der Waals surface area contributed by atoms with E-state index in [0.29, 0.717) is 0 Å². The van der Waals surface area contributed by atoms with E-state index in [9.17, 15) is 19.3 Å². The van der Waals surface area contributed by atoms with Crippen LogP contribution in [0.1, 0.15) is 24.8 Å². The van der Waals surface area contributed by atoms with Crippen LogP contribution in [0.2, 0.25) is 0 Å². The highest BCUT2D eigenvalue weighted by molar-refractivity contribution is 8.00. The largest absolute Gasteiger partial charge is 0.460 e. The number of para-hydroxylation sites is 1. The number of aliphatic hydroxyl groups excluding tert-OH is 1. The lowest BCUT2D eigenvalue weighted by Gasteiger charge is -2.27. The van der Waals surface area contributed by atoms with Crippen LogP contribution in [0, 0.1) is 5.92 Å². The molecule has 2 heterocycles. The third-order valence-corrected chi connectivity index (χ3v) is 9.30. The molecule has 2 unspecified atom stereocenters. The zero-order valence-electron chi connectivity index (χ0n) is 22.4. The molecule has 11 nitrogen and oxygen atoms in total. The molecule has 3 aromatic rings. The van der Waals surface area contributed by atoms with Gasteiger partial charge in [-0.1, -0.05) is 62.4 Å². The lowest BCUT2D eigenvalue weighted by atomic mass is 10.1. The van der Waals surface area contributed by atoms with E-state index in [1.165, 1.54) is 12.3 Å². The van der Waals surface area contributed by atoms with Crippen molar-refractivity contribution in [1.29, 1.82) is 0 Å². The Hall–Kier alpha value is -3.22. The Morgan fingerprint density at radius 2 is 1.83 bits per heavy atom. The van der Waals surface area contributed by atoms with Crippen LogP contribution in [0.5, 0.6) is 5.75 Å². The number of hydrogen-bond acceptors (Lipinski definition) is 10. The molecule has 1 aliphatic rings. The Bertz CT molecular complexity index is 1420. The first kappa shape index (κ1) is 30.7. The number of aromatic nitrogens is 2. The van der Waals surface area contributed by atoms with Gasteiger partial charge in [-0.2, -0.15) is 10.1 Å². The third kappa shape index (κ3) is 7.96. The molecule has 1 fully saturated rings. The van der Waals surface area contributed by atoms with Crippen molar-refractivity contribution in [2.75, 3.05) is 12.3 Å². The number of ether oxygens (including phenoxy) is 1. The Labute approximate surface area is 240 Å². The van der Waals surface area contributed by atoms with Crippen molar-refractivity contribution in [2.45, 2.75) is 49.4 Å². The molecular weight excluding hydrogens is 574 g/mol. The first-order valence-electron chi connectivity index (χ1n) is 12.9. The Morgan fingerprint density at radius 3 is 2.46 bits per heavy atom. The minimum absolute atomic E-state index is 0.0127. The van der Waals surface area contributed by atoms with Crippen LogP contribution >= 0.6 is 19.5 Å². The predicted octanol–water partition coefficient (Wildman–Crippen LogP) is 3.70. The molecule has 220 valence electrons. The highest BCUT2D eigenvalue weighted by atomic mass is 32.2. The Morgan fingerprint density at radius 1 is 1.17 bits per heavy atom. The van der Waals surface area contributed by atoms with Crippen molar-refractivity contribution in [3.05, 3.63) is 89.0 Å². The van der Waals surface area contributed by atoms with Crippen molar-refractivity contribution < 1.29 is 32.6 Å². The summed E-state index contributed by atoms with van der Waals surface area (Å²) in [7, 11) is -4.30. The smallest absolute Gasteiger partial charge is 0.459 e. The lowest BCUT2D eigenvalue weighted by Crippen LogP contribution is -2.42. The molecule has 0 aliphatic carbocycles. The maximum absolute atomic E-state index is 15.1. The molecule has 0 radical (unpaired) electrons. The molecule has 1 aliphatic heterocycles. The molecule has 0 spiro atoms. The number of nitrogens with zero attached hydrogens (tertiary/aromatic N) is 2. The minimum atomic E-state index is -4.30. The van der Waals surface area contributed by atoms with E-state index >= 15 is 4.39 Å². The minimum Gasteiger partial charge on any atom is -0.460 e. The summed E-state index contributed by atoms with van der Waals surface area (Å²) >= 11 is 0.920. The second-order valence-corrected chi connectivity index (χ2v) is 12.7. The van der Waals surface area contributed by atoms with E-state index in [4.69, 9.17) is 19.5 Å². The number of rotatable bonds is 12. The van der Waals surface area contributed by atoms with Gasteiger partial charge in [0.1, 0.15) is 35.7 Å². The first-order chi connectivity index (χ1) is 19.6. The fraction of sp³-hybridized carbons (Fsp3) is 0.370. The monoisotopic (exact) mass is 606 g/mol. The number of hydrogen-bond donors (Lipinski definition) is 3. The summed E-state index contributed by atoms with van der Waals surface area (Å²) in [5.41, 5.74) is 5.53. The molecule has 41 heavy (non-hydrogen) atoms. The van der Waals surface area contributed by atoms with Gasteiger partial charge in [0.2, 0.25) is 0 Å². The van der Waals surface area contributed by atoms with Gasteiger partial charge in [-0.05, 0) is 29.7 Å². The topological polar surface area (TPSA) is 155 Å². The standard InChI is InChI=1S/C27H32FN4O7PS/c1-17(2)23(26(34)37-15-18-9-5-3-6-10-18)31-40(36,39-19-11-7-4-8-12-19)38-16-20-24(33)22(28)25(41-20)32-14-13-21(29)30-27(32)35/h3-14,17,20,22-25,33H,15-16H2,1-2H3,(H,31,36)(H2,29,30,35)/t20-,22+,23+,24-,25?,40?/m1/s1. The van der Waals surface area contributed by atoms with E-state index in [2.05, 4.69) is 10.1 Å². The van der Waals surface area contributed by atoms with Crippen molar-refractivity contribution in [3.63, 3.8) is 0 Å². The molecule has 2 aromatic carbocycles. The lowest BCUT2D eigenvalue weighted by molar-refractivity contribution is -0.148. The highest BCUT2D eigenvalue weighted by Crippen LogP contribution is 2.49. The molecule has 1 aromatic heterocycles. The molecular formula is C27H32FN4O7PS. The molecule has 6 atom stereocenters. The zero-order chi connectivity index (χ0) is 29.6. The number of nitrogen functional groups attached to an aromatic ring is 1. The van der Waals surface area contributed by atoms with Crippen molar-refractivity contribution in [1.82, 2.24) is 14.6 Å². The van der Waals surface area contributed by atoms with Gasteiger partial charge >= 0.3 is 19.4 Å². The summed E-state index contributed by atoms with van der Waals surface area (Å²) < 4.78 is 47.0. The van der Waals surface area contributed by atoms with Gasteiger partial charge in [-0.15, -0.1) is 11.8 Å². The molecule has 0 bridgehead atoms. The Kier molecular flexibility index (Phi) is 10.2. The zero-order valence-corrected chi connectivity index (χ0v) is 24.1. The molecule has 4 N–H and O–H groups in total. The summed E-state index contributed by atoms with van der Waals surface area (Å²) in [4.78, 5) is 28.9. The van der Waals surface area contributed by atoms with Gasteiger partial charge in [0.05, 0.1) is 11.9 Å². The molecule has 4 rings (SSSR count). The fourth-order valence-corrected chi connectivity index (χ4v) is 7.23. The van der Waals surface area contributed by atoms with Crippen LogP contribution in [0.15, 0.2) is 77.7 Å². The normalized spacial score (nSPS) is 22.7. The van der Waals surface area contributed by atoms with Crippen LogP contribution in [0.25, 0.3) is 0 Å². The van der Waals surface area contributed by atoms with Crippen molar-refractivity contribution >= 4 is 31.3 Å². The average molecular weight is 607 g/mol. The van der Waals surface area contributed by atoms with Gasteiger partial charge in [0, 0.05) is 6.20 Å². The highest BCUT2D eigenvalue weighted by Gasteiger charge is 2.47. The van der Waals surface area contributed by atoms with Gasteiger partial charge in [0.25, 0.3) is 0 Å². The van der Waals surface area contributed by atoms with Crippen LogP contribution in [0.3, 0.4) is 0 Å². The third-order valence-electron chi connectivity index (χ3n) is 6.24. The number of anilines is 1. The van der Waals surface area contributed by atoms with Crippen molar-refractivity contribution in [3.8, 4) is 5.75 Å². The number of carbonyl (C=O) groups excluding carboxylic acids is 1. The summed E-state index contributed by atoms with van der Waals surface area (Å²) in [6.07, 6.45) is -2.11. The van der Waals surface area contributed by atoms with Gasteiger partial charge < -0.3 is 20.1 Å². The molecule has 14 heteroatoms. The van der Waals surface area contributed by atoms with Gasteiger partial charge in [0.15, 0.2) is 6.17 Å². The van der Waals surface area contributed by atoms with E-state index < -0.39 is 55.0 Å². The van der Waals surface area contributed by atoms with E-state index in [1.807, 2.05) is 30.3 Å². The van der Waals surface area contributed by atoms with Gasteiger partial charge in [-0.3, -0.25) is 13.9 Å². The molecule has 0 amide bonds. The fourth-order valence-electron chi connectivity index (χ4n) is 4.03. The summed E-state index contributed by atoms with van der Waals surface area (Å²) in [5.74, 6) is -0.870. The number of thioether (sulfide) groups is 1.